The SMILES string of the molecule is CN1CCN=C1N[C@H]1C[C@@H](Oc2ccccc2)C1(C)C.I. The molecule has 0 saturated heterocycles. The number of hydrogen-bond acceptors (Lipinski definition) is 4. The average molecular weight is 401 g/mol. The van der Waals surface area contributed by atoms with Crippen LogP contribution in [0.15, 0.2) is 35.3 Å². The summed E-state index contributed by atoms with van der Waals surface area (Å²) in [4.78, 5) is 6.69. The molecule has 116 valence electrons. The van der Waals surface area contributed by atoms with Crippen LogP contribution in [0.25, 0.3) is 0 Å². The minimum absolute atomic E-state index is 0. The second-order valence-electron chi connectivity index (χ2n) is 6.30. The maximum Gasteiger partial charge on any atom is 0.194 e. The fourth-order valence-corrected chi connectivity index (χ4v) is 2.84. The number of likely N-dealkylation sites (N-methyl/N-ethyl adjacent to an activating group) is 1. The standard InChI is InChI=1S/C16H23N3O.HI/c1-16(2)13(18-15-17-9-10-19(15)3)11-14(16)20-12-7-5-4-6-8-12;/h4-8,13-14H,9-11H2,1-3H3,(H,17,18);1H/t13-,14+;/m0./s1. The Morgan fingerprint density at radius 3 is 2.57 bits per heavy atom. The van der Waals surface area contributed by atoms with Crippen LogP contribution in [0.1, 0.15) is 20.3 Å². The van der Waals surface area contributed by atoms with Crippen molar-refractivity contribution in [1.82, 2.24) is 10.2 Å². The van der Waals surface area contributed by atoms with Crippen molar-refractivity contribution in [2.75, 3.05) is 20.1 Å². The lowest BCUT2D eigenvalue weighted by molar-refractivity contribution is -0.0485. The van der Waals surface area contributed by atoms with Crippen LogP contribution in [0.4, 0.5) is 0 Å². The van der Waals surface area contributed by atoms with Crippen molar-refractivity contribution in [3.8, 4) is 5.75 Å². The Bertz CT molecular complexity index is 504. The third-order valence-corrected chi connectivity index (χ3v) is 4.56. The lowest BCUT2D eigenvalue weighted by atomic mass is 9.64. The molecule has 1 aliphatic heterocycles. The van der Waals surface area contributed by atoms with Crippen molar-refractivity contribution in [2.45, 2.75) is 32.4 Å². The van der Waals surface area contributed by atoms with Crippen molar-refractivity contribution in [1.29, 1.82) is 0 Å². The Morgan fingerprint density at radius 2 is 2.00 bits per heavy atom. The maximum absolute atomic E-state index is 6.09. The molecular formula is C16H24IN3O. The molecule has 2 aliphatic rings. The summed E-state index contributed by atoms with van der Waals surface area (Å²) in [6.07, 6.45) is 1.28. The van der Waals surface area contributed by atoms with E-state index in [1.807, 2.05) is 30.3 Å². The van der Waals surface area contributed by atoms with Gasteiger partial charge in [-0.1, -0.05) is 32.0 Å². The summed E-state index contributed by atoms with van der Waals surface area (Å²) in [5.41, 5.74) is 0.113. The highest BCUT2D eigenvalue weighted by molar-refractivity contribution is 14.0. The summed E-state index contributed by atoms with van der Waals surface area (Å²) in [5, 5.41) is 3.57. The molecule has 0 radical (unpaired) electrons. The molecule has 0 unspecified atom stereocenters. The van der Waals surface area contributed by atoms with Crippen LogP contribution in [0.5, 0.6) is 5.75 Å². The first-order chi connectivity index (χ1) is 9.57. The van der Waals surface area contributed by atoms with Crippen molar-refractivity contribution in [2.24, 2.45) is 10.4 Å². The lowest BCUT2D eigenvalue weighted by Crippen LogP contribution is -2.64. The van der Waals surface area contributed by atoms with Crippen LogP contribution >= 0.6 is 24.0 Å². The van der Waals surface area contributed by atoms with Crippen LogP contribution in [0.3, 0.4) is 0 Å². The highest BCUT2D eigenvalue weighted by Crippen LogP contribution is 2.43. The van der Waals surface area contributed by atoms with Crippen LogP contribution < -0.4 is 10.1 Å². The molecule has 1 fully saturated rings. The van der Waals surface area contributed by atoms with Gasteiger partial charge < -0.3 is 15.0 Å². The second-order valence-corrected chi connectivity index (χ2v) is 6.30. The van der Waals surface area contributed by atoms with Gasteiger partial charge in [0.1, 0.15) is 11.9 Å². The number of aliphatic imine (C=N–C) groups is 1. The van der Waals surface area contributed by atoms with E-state index in [9.17, 15) is 0 Å². The lowest BCUT2D eigenvalue weighted by Gasteiger charge is -2.52. The van der Waals surface area contributed by atoms with Gasteiger partial charge in [-0.05, 0) is 12.1 Å². The van der Waals surface area contributed by atoms with E-state index in [2.05, 4.69) is 36.1 Å². The molecule has 5 heteroatoms. The predicted molar refractivity (Wildman–Crippen MR) is 96.5 cm³/mol. The van der Waals surface area contributed by atoms with E-state index in [0.29, 0.717) is 6.04 Å². The zero-order valence-electron chi connectivity index (χ0n) is 12.9. The van der Waals surface area contributed by atoms with E-state index in [1.54, 1.807) is 0 Å². The van der Waals surface area contributed by atoms with Gasteiger partial charge >= 0.3 is 0 Å². The third kappa shape index (κ3) is 3.27. The van der Waals surface area contributed by atoms with Crippen molar-refractivity contribution in [3.05, 3.63) is 30.3 Å². The van der Waals surface area contributed by atoms with E-state index < -0.39 is 0 Å². The summed E-state index contributed by atoms with van der Waals surface area (Å²) >= 11 is 0. The molecule has 1 aromatic carbocycles. The first-order valence-corrected chi connectivity index (χ1v) is 7.31. The van der Waals surface area contributed by atoms with Crippen molar-refractivity contribution < 1.29 is 4.74 Å². The summed E-state index contributed by atoms with van der Waals surface area (Å²) in [5.74, 6) is 1.99. The normalized spacial score (nSPS) is 26.4. The Balaban J connectivity index is 0.00000161. The van der Waals surface area contributed by atoms with E-state index in [4.69, 9.17) is 4.74 Å². The van der Waals surface area contributed by atoms with Crippen LogP contribution in [0, 0.1) is 5.41 Å². The van der Waals surface area contributed by atoms with Gasteiger partial charge in [0.25, 0.3) is 0 Å². The number of benzene rings is 1. The molecule has 0 bridgehead atoms. The number of nitrogens with one attached hydrogen (secondary N) is 1. The number of halogens is 1. The molecule has 2 atom stereocenters. The van der Waals surface area contributed by atoms with Crippen molar-refractivity contribution >= 4 is 29.9 Å². The largest absolute Gasteiger partial charge is 0.490 e. The highest BCUT2D eigenvalue weighted by atomic mass is 127. The number of hydrogen-bond donors (Lipinski definition) is 1. The van der Waals surface area contributed by atoms with Crippen LogP contribution in [-0.2, 0) is 0 Å². The van der Waals surface area contributed by atoms with Gasteiger partial charge in [-0.3, -0.25) is 4.99 Å². The molecule has 0 spiro atoms. The monoisotopic (exact) mass is 401 g/mol. The molecule has 21 heavy (non-hydrogen) atoms. The number of nitrogens with zero attached hydrogens (tertiary/aromatic N) is 2. The first kappa shape index (κ1) is 16.4. The minimum atomic E-state index is 0. The maximum atomic E-state index is 6.09. The number of ether oxygens (including phenoxy) is 1. The molecule has 1 saturated carbocycles. The quantitative estimate of drug-likeness (QED) is 0.792. The number of rotatable bonds is 3. The Morgan fingerprint density at radius 1 is 1.29 bits per heavy atom. The molecule has 0 aromatic heterocycles. The van der Waals surface area contributed by atoms with Crippen LogP contribution in [0.2, 0.25) is 0 Å². The Hall–Kier alpha value is -0.980. The number of guanidine groups is 1. The van der Waals surface area contributed by atoms with Gasteiger partial charge in [0, 0.05) is 31.5 Å². The molecule has 3 rings (SSSR count). The summed E-state index contributed by atoms with van der Waals surface area (Å²) in [7, 11) is 2.09. The van der Waals surface area contributed by atoms with Gasteiger partial charge in [-0.2, -0.15) is 0 Å². The number of para-hydroxylation sites is 1. The van der Waals surface area contributed by atoms with Crippen LogP contribution in [-0.4, -0.2) is 43.1 Å². The Kier molecular flexibility index (Phi) is 5.01. The van der Waals surface area contributed by atoms with E-state index in [-0.39, 0.29) is 35.5 Å². The summed E-state index contributed by atoms with van der Waals surface area (Å²) in [6.45, 7) is 6.43. The smallest absolute Gasteiger partial charge is 0.194 e. The van der Waals surface area contributed by atoms with Crippen molar-refractivity contribution in [3.63, 3.8) is 0 Å². The zero-order chi connectivity index (χ0) is 14.2. The molecule has 1 aliphatic carbocycles. The van der Waals surface area contributed by atoms with Gasteiger partial charge in [-0.15, -0.1) is 24.0 Å². The molecule has 4 nitrogen and oxygen atoms in total. The van der Waals surface area contributed by atoms with Gasteiger partial charge in [0.2, 0.25) is 0 Å². The Labute approximate surface area is 144 Å². The summed E-state index contributed by atoms with van der Waals surface area (Å²) in [6, 6.07) is 10.5. The fraction of sp³-hybridized carbons (Fsp3) is 0.562. The second kappa shape index (κ2) is 6.42. The van der Waals surface area contributed by atoms with E-state index in [1.165, 1.54) is 0 Å². The zero-order valence-corrected chi connectivity index (χ0v) is 15.2. The minimum Gasteiger partial charge on any atom is -0.490 e. The van der Waals surface area contributed by atoms with Gasteiger partial charge in [-0.25, -0.2) is 0 Å². The third-order valence-electron chi connectivity index (χ3n) is 4.56. The molecule has 1 heterocycles. The average Bonchev–Trinajstić information content (AvgIpc) is 2.84. The molecular weight excluding hydrogens is 377 g/mol. The first-order valence-electron chi connectivity index (χ1n) is 7.31. The fourth-order valence-electron chi connectivity index (χ4n) is 2.84. The molecule has 1 aromatic rings. The van der Waals surface area contributed by atoms with Gasteiger partial charge in [0.05, 0.1) is 6.54 Å². The molecule has 0 amide bonds. The van der Waals surface area contributed by atoms with Gasteiger partial charge in [0.15, 0.2) is 5.96 Å². The molecule has 1 N–H and O–H groups in total. The van der Waals surface area contributed by atoms with E-state index in [0.717, 1.165) is 31.2 Å². The summed E-state index contributed by atoms with van der Waals surface area (Å²) < 4.78 is 6.09. The highest BCUT2D eigenvalue weighted by Gasteiger charge is 2.50. The predicted octanol–water partition coefficient (Wildman–Crippen LogP) is 2.74. The van der Waals surface area contributed by atoms with E-state index >= 15 is 0 Å². The topological polar surface area (TPSA) is 36.9 Å².